The van der Waals surface area contributed by atoms with Gasteiger partial charge in [0.05, 0.1) is 32.6 Å². The normalized spacial score (nSPS) is 12.0. The molecule has 3 N–H and O–H groups in total. The highest BCUT2D eigenvalue weighted by Gasteiger charge is 2.19. The van der Waals surface area contributed by atoms with Crippen LogP contribution in [0.1, 0.15) is 0 Å². The van der Waals surface area contributed by atoms with E-state index in [4.69, 9.17) is 0 Å². The molecule has 0 amide bonds. The minimum Gasteiger partial charge on any atom is -0.306 e. The maximum Gasteiger partial charge on any atom is 0.323 e. The first-order chi connectivity index (χ1) is 13.5. The van der Waals surface area contributed by atoms with Crippen molar-refractivity contribution in [3.05, 3.63) is 77.2 Å². The highest BCUT2D eigenvalue weighted by Crippen LogP contribution is 2.32. The van der Waals surface area contributed by atoms with Crippen LogP contribution in [0.2, 0.25) is 0 Å². The number of nitrogens with one attached hydrogen (secondary N) is 3. The summed E-state index contributed by atoms with van der Waals surface area (Å²) in [6.45, 7) is 0. The van der Waals surface area contributed by atoms with E-state index in [1.807, 2.05) is 48.5 Å². The second kappa shape index (κ2) is 5.93. The molecule has 28 heavy (non-hydrogen) atoms. The molecule has 0 unspecified atom stereocenters. The summed E-state index contributed by atoms with van der Waals surface area (Å²) in [6, 6.07) is 19.2. The molecule has 3 aromatic carbocycles. The van der Waals surface area contributed by atoms with E-state index in [-0.39, 0.29) is 10.6 Å². The van der Waals surface area contributed by atoms with Crippen molar-refractivity contribution in [1.82, 2.24) is 15.0 Å². The lowest BCUT2D eigenvalue weighted by atomic mass is 10.1. The summed E-state index contributed by atoms with van der Waals surface area (Å²) >= 11 is 0. The molecule has 5 rings (SSSR count). The Hall–Kier alpha value is -3.65. The molecule has 5 aromatic rings. The van der Waals surface area contributed by atoms with Crippen LogP contribution in [0.15, 0.2) is 76.4 Å². The fraction of sp³-hybridized carbons (Fsp3) is 0. The largest absolute Gasteiger partial charge is 0.323 e. The second-order valence-corrected chi connectivity index (χ2v) is 8.10. The van der Waals surface area contributed by atoms with Crippen LogP contribution in [0, 0.1) is 0 Å². The Kier molecular flexibility index (Phi) is 3.50. The van der Waals surface area contributed by atoms with Gasteiger partial charge in [-0.15, -0.1) is 0 Å². The fourth-order valence-electron chi connectivity index (χ4n) is 3.32. The minimum absolute atomic E-state index is 0.0558. The standard InChI is InChI=1S/C20H14N4O3S/c25-20-22-17-10-9-12(11-18(17)23-20)28(26,27)24-19-13-5-1-3-7-15(13)21-16-8-4-2-6-14(16)19/h1-11H,(H,21,24)(H2,22,23,25). The zero-order valence-electron chi connectivity index (χ0n) is 14.4. The number of pyridine rings is 1. The van der Waals surface area contributed by atoms with Crippen LogP contribution in [0.3, 0.4) is 0 Å². The number of aromatic nitrogens is 3. The highest BCUT2D eigenvalue weighted by molar-refractivity contribution is 7.92. The Morgan fingerprint density at radius 3 is 2.07 bits per heavy atom. The van der Waals surface area contributed by atoms with Gasteiger partial charge in [-0.25, -0.2) is 18.2 Å². The molecule has 0 aliphatic heterocycles. The van der Waals surface area contributed by atoms with Crippen LogP contribution in [-0.2, 0) is 10.0 Å². The van der Waals surface area contributed by atoms with Crippen molar-refractivity contribution in [2.75, 3.05) is 4.72 Å². The number of anilines is 1. The molecule has 0 fully saturated rings. The summed E-state index contributed by atoms with van der Waals surface area (Å²) in [7, 11) is -3.89. The van der Waals surface area contributed by atoms with E-state index < -0.39 is 10.0 Å². The van der Waals surface area contributed by atoms with E-state index in [0.717, 1.165) is 0 Å². The Balaban J connectivity index is 1.71. The molecule has 7 nitrogen and oxygen atoms in total. The Bertz CT molecular complexity index is 1480. The lowest BCUT2D eigenvalue weighted by Crippen LogP contribution is -2.13. The number of rotatable bonds is 3. The van der Waals surface area contributed by atoms with Gasteiger partial charge in [0.2, 0.25) is 0 Å². The number of para-hydroxylation sites is 2. The van der Waals surface area contributed by atoms with E-state index in [9.17, 15) is 13.2 Å². The van der Waals surface area contributed by atoms with E-state index in [1.165, 1.54) is 12.1 Å². The smallest absolute Gasteiger partial charge is 0.306 e. The quantitative estimate of drug-likeness (QED) is 0.411. The van der Waals surface area contributed by atoms with E-state index in [2.05, 4.69) is 19.7 Å². The minimum atomic E-state index is -3.89. The zero-order chi connectivity index (χ0) is 19.3. The van der Waals surface area contributed by atoms with Crippen molar-refractivity contribution in [2.45, 2.75) is 4.90 Å². The van der Waals surface area contributed by atoms with Crippen molar-refractivity contribution >= 4 is 48.5 Å². The van der Waals surface area contributed by atoms with Gasteiger partial charge in [0.1, 0.15) is 0 Å². The van der Waals surface area contributed by atoms with Crippen LogP contribution in [0.5, 0.6) is 0 Å². The Labute approximate surface area is 159 Å². The third kappa shape index (κ3) is 2.62. The lowest BCUT2D eigenvalue weighted by Gasteiger charge is -2.13. The second-order valence-electron chi connectivity index (χ2n) is 6.41. The molecule has 0 aliphatic rings. The first kappa shape index (κ1) is 16.5. The van der Waals surface area contributed by atoms with Crippen molar-refractivity contribution in [1.29, 1.82) is 0 Å². The molecule has 0 aliphatic carbocycles. The van der Waals surface area contributed by atoms with Gasteiger partial charge in [0.15, 0.2) is 0 Å². The fourth-order valence-corrected chi connectivity index (χ4v) is 4.45. The molecule has 0 saturated carbocycles. The Morgan fingerprint density at radius 2 is 1.39 bits per heavy atom. The van der Waals surface area contributed by atoms with Crippen LogP contribution in [0.4, 0.5) is 5.69 Å². The molecule has 2 heterocycles. The number of hydrogen-bond donors (Lipinski definition) is 3. The predicted molar refractivity (Wildman–Crippen MR) is 109 cm³/mol. The average molecular weight is 390 g/mol. The summed E-state index contributed by atoms with van der Waals surface area (Å²) in [4.78, 5) is 21.3. The maximum atomic E-state index is 13.1. The van der Waals surface area contributed by atoms with Gasteiger partial charge >= 0.3 is 5.69 Å². The third-order valence-corrected chi connectivity index (χ3v) is 5.97. The van der Waals surface area contributed by atoms with Gasteiger partial charge < -0.3 is 9.97 Å². The monoisotopic (exact) mass is 390 g/mol. The molecular weight excluding hydrogens is 376 g/mol. The van der Waals surface area contributed by atoms with Gasteiger partial charge in [-0.05, 0) is 30.3 Å². The molecule has 8 heteroatoms. The summed E-state index contributed by atoms with van der Waals surface area (Å²) < 4.78 is 28.9. The van der Waals surface area contributed by atoms with Crippen molar-refractivity contribution in [3.63, 3.8) is 0 Å². The highest BCUT2D eigenvalue weighted by atomic mass is 32.2. The molecule has 0 spiro atoms. The maximum absolute atomic E-state index is 13.1. The van der Waals surface area contributed by atoms with E-state index >= 15 is 0 Å². The zero-order valence-corrected chi connectivity index (χ0v) is 15.2. The molecule has 0 saturated heterocycles. The first-order valence-corrected chi connectivity index (χ1v) is 10.0. The molecular formula is C20H14N4O3S. The first-order valence-electron chi connectivity index (χ1n) is 8.54. The van der Waals surface area contributed by atoms with Gasteiger partial charge in [0.25, 0.3) is 10.0 Å². The van der Waals surface area contributed by atoms with Crippen molar-refractivity contribution in [3.8, 4) is 0 Å². The Morgan fingerprint density at radius 1 is 0.786 bits per heavy atom. The van der Waals surface area contributed by atoms with Gasteiger partial charge in [0, 0.05) is 10.8 Å². The third-order valence-electron chi connectivity index (χ3n) is 4.62. The van der Waals surface area contributed by atoms with Crippen molar-refractivity contribution in [2.24, 2.45) is 0 Å². The number of nitrogens with zero attached hydrogens (tertiary/aromatic N) is 1. The number of sulfonamides is 1. The molecule has 0 radical (unpaired) electrons. The molecule has 0 atom stereocenters. The summed E-state index contributed by atoms with van der Waals surface area (Å²) in [5.41, 5.74) is 2.46. The number of benzene rings is 3. The molecule has 0 bridgehead atoms. The number of imidazole rings is 1. The molecule has 2 aromatic heterocycles. The number of hydrogen-bond acceptors (Lipinski definition) is 4. The van der Waals surface area contributed by atoms with Gasteiger partial charge in [-0.1, -0.05) is 36.4 Å². The van der Waals surface area contributed by atoms with Gasteiger partial charge in [-0.3, -0.25) is 4.72 Å². The topological polar surface area (TPSA) is 108 Å². The van der Waals surface area contributed by atoms with E-state index in [1.54, 1.807) is 6.07 Å². The number of fused-ring (bicyclic) bond motifs is 3. The average Bonchev–Trinajstić information content (AvgIpc) is 3.07. The van der Waals surface area contributed by atoms with Gasteiger partial charge in [-0.2, -0.15) is 0 Å². The number of H-pyrrole nitrogens is 2. The van der Waals surface area contributed by atoms with E-state index in [0.29, 0.717) is 38.5 Å². The van der Waals surface area contributed by atoms with Crippen molar-refractivity contribution < 1.29 is 8.42 Å². The summed E-state index contributed by atoms with van der Waals surface area (Å²) in [6.07, 6.45) is 0. The molecule has 138 valence electrons. The lowest BCUT2D eigenvalue weighted by molar-refractivity contribution is 0.601. The SMILES string of the molecule is O=c1[nH]c2ccc(S(=O)(=O)Nc3c4ccccc4nc4ccccc34)cc2[nH]1. The number of aromatic amines is 2. The summed E-state index contributed by atoms with van der Waals surface area (Å²) in [5.74, 6) is 0. The van der Waals surface area contributed by atoms with Crippen LogP contribution in [0.25, 0.3) is 32.8 Å². The van der Waals surface area contributed by atoms with Crippen LogP contribution in [-0.4, -0.2) is 23.4 Å². The van der Waals surface area contributed by atoms with Crippen LogP contribution < -0.4 is 10.4 Å². The predicted octanol–water partition coefficient (Wildman–Crippen LogP) is 3.36. The van der Waals surface area contributed by atoms with Crippen LogP contribution >= 0.6 is 0 Å². The summed E-state index contributed by atoms with van der Waals surface area (Å²) in [5, 5.41) is 1.42.